The Labute approximate surface area is 189 Å². The maximum atomic E-state index is 13.5. The Morgan fingerprint density at radius 1 is 1.10 bits per heavy atom. The molecule has 7 heteroatoms. The maximum Gasteiger partial charge on any atom is 0.273 e. The van der Waals surface area contributed by atoms with Gasteiger partial charge in [0.25, 0.3) is 5.91 Å². The van der Waals surface area contributed by atoms with Crippen molar-refractivity contribution in [3.63, 3.8) is 0 Å². The van der Waals surface area contributed by atoms with Crippen LogP contribution in [0.15, 0.2) is 71.5 Å². The second kappa shape index (κ2) is 8.15. The zero-order valence-corrected chi connectivity index (χ0v) is 18.7. The van der Waals surface area contributed by atoms with E-state index >= 15 is 0 Å². The Balaban J connectivity index is 1.56. The highest BCUT2D eigenvalue weighted by molar-refractivity contribution is 9.10. The number of nitrogens with one attached hydrogen (secondary N) is 1. The van der Waals surface area contributed by atoms with Gasteiger partial charge in [-0.3, -0.25) is 9.48 Å². The Kier molecular flexibility index (Phi) is 5.19. The van der Waals surface area contributed by atoms with Crippen molar-refractivity contribution in [2.45, 2.75) is 18.9 Å². The molecule has 0 fully saturated rings. The minimum Gasteiger partial charge on any atom is -0.349 e. The highest BCUT2D eigenvalue weighted by Gasteiger charge is 2.43. The largest absolute Gasteiger partial charge is 0.349 e. The van der Waals surface area contributed by atoms with Crippen LogP contribution in [0.4, 0.5) is 0 Å². The summed E-state index contributed by atoms with van der Waals surface area (Å²) in [6, 6.07) is 18.1. The summed E-state index contributed by atoms with van der Waals surface area (Å²) < 4.78 is 2.75. The zero-order valence-electron chi connectivity index (χ0n) is 17.1. The molecule has 4 aromatic rings. The molecule has 31 heavy (non-hydrogen) atoms. The van der Waals surface area contributed by atoms with E-state index in [9.17, 15) is 4.79 Å². The van der Waals surface area contributed by atoms with Gasteiger partial charge in [-0.05, 0) is 24.1 Å². The van der Waals surface area contributed by atoms with Crippen molar-refractivity contribution in [2.24, 2.45) is 7.05 Å². The minimum absolute atomic E-state index is 0.0274. The molecule has 2 aromatic carbocycles. The number of amides is 1. The van der Waals surface area contributed by atoms with E-state index in [4.69, 9.17) is 5.10 Å². The molecule has 0 bridgehead atoms. The number of benzene rings is 2. The highest BCUT2D eigenvalue weighted by atomic mass is 79.9. The van der Waals surface area contributed by atoms with Gasteiger partial charge in [-0.2, -0.15) is 5.10 Å². The van der Waals surface area contributed by atoms with Gasteiger partial charge < -0.3 is 9.88 Å². The fourth-order valence-electron chi connectivity index (χ4n) is 4.35. The third-order valence-corrected chi connectivity index (χ3v) is 6.26. The summed E-state index contributed by atoms with van der Waals surface area (Å²) in [6.45, 7) is 0.642. The van der Waals surface area contributed by atoms with Crippen LogP contribution in [0.25, 0.3) is 11.3 Å². The quantitative estimate of drug-likeness (QED) is 0.437. The van der Waals surface area contributed by atoms with Gasteiger partial charge in [0.1, 0.15) is 11.5 Å². The monoisotopic (exact) mass is 475 g/mol. The van der Waals surface area contributed by atoms with Gasteiger partial charge in [-0.25, -0.2) is 4.98 Å². The number of aromatic amines is 1. The van der Waals surface area contributed by atoms with Crippen molar-refractivity contribution in [1.29, 1.82) is 0 Å². The number of fused-ring (bicyclic) bond motifs is 1. The number of imidazole rings is 1. The molecule has 0 aliphatic carbocycles. The van der Waals surface area contributed by atoms with E-state index in [0.29, 0.717) is 12.2 Å². The Morgan fingerprint density at radius 3 is 2.58 bits per heavy atom. The lowest BCUT2D eigenvalue weighted by Gasteiger charge is -2.26. The third kappa shape index (κ3) is 3.59. The van der Waals surface area contributed by atoms with Crippen LogP contribution in [0.1, 0.15) is 39.9 Å². The average molecular weight is 476 g/mol. The number of aromatic nitrogens is 4. The highest BCUT2D eigenvalue weighted by Crippen LogP contribution is 2.43. The second-order valence-corrected chi connectivity index (χ2v) is 8.61. The lowest BCUT2D eigenvalue weighted by Crippen LogP contribution is -2.31. The van der Waals surface area contributed by atoms with Crippen molar-refractivity contribution >= 4 is 21.8 Å². The van der Waals surface area contributed by atoms with E-state index in [1.54, 1.807) is 10.9 Å². The summed E-state index contributed by atoms with van der Waals surface area (Å²) in [5.41, 5.74) is 4.63. The molecule has 6 nitrogen and oxygen atoms in total. The van der Waals surface area contributed by atoms with Gasteiger partial charge in [-0.15, -0.1) is 0 Å². The van der Waals surface area contributed by atoms with E-state index in [1.807, 2.05) is 60.6 Å². The Hall–Kier alpha value is -3.19. The standard InChI is InChI=1S/C24H22BrN5O/c1-29-23-20(21(28-29)16-6-3-2-4-7-16)22(17-9-11-18(25)12-10-17)30(24(23)31)15-5-8-19-26-13-14-27-19/h2-4,6-7,9-14,22H,5,8,15H2,1H3,(H,26,27). The smallest absolute Gasteiger partial charge is 0.273 e. The van der Waals surface area contributed by atoms with Crippen LogP contribution < -0.4 is 0 Å². The van der Waals surface area contributed by atoms with Gasteiger partial charge in [0.05, 0.1) is 11.7 Å². The van der Waals surface area contributed by atoms with E-state index in [1.165, 1.54) is 0 Å². The van der Waals surface area contributed by atoms with E-state index in [-0.39, 0.29) is 11.9 Å². The molecule has 1 aliphatic heterocycles. The maximum absolute atomic E-state index is 13.5. The van der Waals surface area contributed by atoms with Crippen molar-refractivity contribution < 1.29 is 4.79 Å². The summed E-state index contributed by atoms with van der Waals surface area (Å²) in [5.74, 6) is 0.968. The fraction of sp³-hybridized carbons (Fsp3) is 0.208. The van der Waals surface area contributed by atoms with Crippen LogP contribution in [0.3, 0.4) is 0 Å². The number of hydrogen-bond acceptors (Lipinski definition) is 3. The van der Waals surface area contributed by atoms with Crippen molar-refractivity contribution in [1.82, 2.24) is 24.6 Å². The molecule has 0 saturated carbocycles. The van der Waals surface area contributed by atoms with Gasteiger partial charge in [0.2, 0.25) is 0 Å². The van der Waals surface area contributed by atoms with Gasteiger partial charge >= 0.3 is 0 Å². The normalized spacial score (nSPS) is 15.5. The molecule has 1 atom stereocenters. The SMILES string of the molecule is Cn1nc(-c2ccccc2)c2c1C(=O)N(CCCc1ncc[nH]1)C2c1ccc(Br)cc1. The first kappa shape index (κ1) is 19.8. The van der Waals surface area contributed by atoms with Crippen LogP contribution >= 0.6 is 15.9 Å². The van der Waals surface area contributed by atoms with E-state index in [0.717, 1.165) is 45.5 Å². The van der Waals surface area contributed by atoms with Crippen LogP contribution in [-0.2, 0) is 13.5 Å². The summed E-state index contributed by atoms with van der Waals surface area (Å²) in [7, 11) is 1.86. The first-order valence-corrected chi connectivity index (χ1v) is 11.1. The number of nitrogens with zero attached hydrogens (tertiary/aromatic N) is 4. The summed E-state index contributed by atoms with van der Waals surface area (Å²) in [6.07, 6.45) is 5.21. The number of halogens is 1. The summed E-state index contributed by atoms with van der Waals surface area (Å²) >= 11 is 3.52. The molecule has 1 unspecified atom stereocenters. The number of rotatable bonds is 6. The van der Waals surface area contributed by atoms with Crippen LogP contribution in [0, 0.1) is 0 Å². The topological polar surface area (TPSA) is 66.8 Å². The summed E-state index contributed by atoms with van der Waals surface area (Å²) in [4.78, 5) is 23.0. The summed E-state index contributed by atoms with van der Waals surface area (Å²) in [5, 5.41) is 4.75. The number of aryl methyl sites for hydroxylation is 2. The van der Waals surface area contributed by atoms with Crippen molar-refractivity contribution in [3.05, 3.63) is 94.1 Å². The Bertz CT molecular complexity index is 1200. The molecular weight excluding hydrogens is 454 g/mol. The first-order chi connectivity index (χ1) is 15.1. The van der Waals surface area contributed by atoms with Gasteiger partial charge in [0.15, 0.2) is 0 Å². The first-order valence-electron chi connectivity index (χ1n) is 10.3. The number of carbonyl (C=O) groups excluding carboxylic acids is 1. The number of hydrogen-bond donors (Lipinski definition) is 1. The predicted molar refractivity (Wildman–Crippen MR) is 123 cm³/mol. The molecule has 5 rings (SSSR count). The van der Waals surface area contributed by atoms with Crippen LogP contribution in [0.5, 0.6) is 0 Å². The van der Waals surface area contributed by atoms with Gasteiger partial charge in [-0.1, -0.05) is 58.4 Å². The number of H-pyrrole nitrogens is 1. The van der Waals surface area contributed by atoms with Crippen molar-refractivity contribution in [2.75, 3.05) is 6.54 Å². The molecule has 0 saturated heterocycles. The fourth-order valence-corrected chi connectivity index (χ4v) is 4.61. The second-order valence-electron chi connectivity index (χ2n) is 7.69. The molecule has 1 aliphatic rings. The molecule has 156 valence electrons. The molecule has 1 amide bonds. The predicted octanol–water partition coefficient (Wildman–Crippen LogP) is 4.75. The molecule has 0 radical (unpaired) electrons. The molecule has 3 heterocycles. The zero-order chi connectivity index (χ0) is 21.4. The van der Waals surface area contributed by atoms with Crippen molar-refractivity contribution in [3.8, 4) is 11.3 Å². The lowest BCUT2D eigenvalue weighted by molar-refractivity contribution is 0.0737. The molecule has 0 spiro atoms. The van der Waals surface area contributed by atoms with E-state index in [2.05, 4.69) is 38.0 Å². The lowest BCUT2D eigenvalue weighted by atomic mass is 9.96. The average Bonchev–Trinajstić information content (AvgIpc) is 3.48. The number of carbonyl (C=O) groups is 1. The van der Waals surface area contributed by atoms with Gasteiger partial charge in [0, 0.05) is 48.0 Å². The molecular formula is C24H22BrN5O. The van der Waals surface area contributed by atoms with E-state index < -0.39 is 0 Å². The molecule has 2 aromatic heterocycles. The Morgan fingerprint density at radius 2 is 1.87 bits per heavy atom. The molecule has 1 N–H and O–H groups in total. The minimum atomic E-state index is -0.170. The van der Waals surface area contributed by atoms with Crippen LogP contribution in [0.2, 0.25) is 0 Å². The van der Waals surface area contributed by atoms with Crippen LogP contribution in [-0.4, -0.2) is 37.1 Å². The third-order valence-electron chi connectivity index (χ3n) is 5.73.